The Balaban J connectivity index is 1.50. The molecule has 4 aromatic rings. The summed E-state index contributed by atoms with van der Waals surface area (Å²) in [6.45, 7) is 0. The summed E-state index contributed by atoms with van der Waals surface area (Å²) in [5.74, 6) is 0.501. The van der Waals surface area contributed by atoms with Gasteiger partial charge in [-0.15, -0.1) is 10.2 Å². The van der Waals surface area contributed by atoms with Crippen molar-refractivity contribution in [2.75, 3.05) is 7.11 Å². The van der Waals surface area contributed by atoms with Crippen molar-refractivity contribution in [3.05, 3.63) is 59.6 Å². The van der Waals surface area contributed by atoms with Gasteiger partial charge in [-0.25, -0.2) is 0 Å². The van der Waals surface area contributed by atoms with Crippen LogP contribution in [0.25, 0.3) is 22.4 Å². The summed E-state index contributed by atoms with van der Waals surface area (Å²) in [5.41, 5.74) is 1.35. The maximum Gasteiger partial charge on any atom is 0.419 e. The number of alkyl halides is 3. The summed E-state index contributed by atoms with van der Waals surface area (Å²) in [4.78, 5) is 0. The molecule has 4 rings (SSSR count). The van der Waals surface area contributed by atoms with Crippen molar-refractivity contribution in [1.29, 1.82) is 0 Å². The third-order valence-electron chi connectivity index (χ3n) is 4.35. The monoisotopic (exact) mass is 388 g/mol. The van der Waals surface area contributed by atoms with Gasteiger partial charge in [0.2, 0.25) is 11.8 Å². The molecule has 0 bridgehead atoms. The molecular formula is C19H15F3N4O2. The Morgan fingerprint density at radius 3 is 2.71 bits per heavy atom. The Morgan fingerprint density at radius 2 is 1.93 bits per heavy atom. The van der Waals surface area contributed by atoms with Crippen molar-refractivity contribution in [2.24, 2.45) is 0 Å². The molecule has 0 atom stereocenters. The fourth-order valence-electron chi connectivity index (χ4n) is 2.93. The SMILES string of the molecule is COc1ccc(CCc2nnc(-c3ccc4[nH]ncc4c3)o2)cc1C(F)(F)F. The number of ether oxygens (including phenoxy) is 1. The molecule has 0 amide bonds. The van der Waals surface area contributed by atoms with E-state index >= 15 is 0 Å². The third kappa shape index (κ3) is 3.55. The third-order valence-corrected chi connectivity index (χ3v) is 4.35. The van der Waals surface area contributed by atoms with E-state index in [9.17, 15) is 13.2 Å². The molecule has 0 aliphatic heterocycles. The highest BCUT2D eigenvalue weighted by Crippen LogP contribution is 2.36. The molecule has 0 aliphatic rings. The zero-order chi connectivity index (χ0) is 19.7. The minimum Gasteiger partial charge on any atom is -0.496 e. The van der Waals surface area contributed by atoms with Crippen molar-refractivity contribution < 1.29 is 22.3 Å². The van der Waals surface area contributed by atoms with Gasteiger partial charge in [0.05, 0.1) is 24.4 Å². The summed E-state index contributed by atoms with van der Waals surface area (Å²) in [6.07, 6.45) is -2.14. The van der Waals surface area contributed by atoms with Crippen LogP contribution in [-0.2, 0) is 19.0 Å². The topological polar surface area (TPSA) is 76.8 Å². The molecule has 0 saturated heterocycles. The van der Waals surface area contributed by atoms with E-state index in [-0.39, 0.29) is 5.75 Å². The van der Waals surface area contributed by atoms with Crippen LogP contribution in [-0.4, -0.2) is 27.5 Å². The quantitative estimate of drug-likeness (QED) is 0.547. The van der Waals surface area contributed by atoms with E-state index in [0.717, 1.165) is 22.5 Å². The highest BCUT2D eigenvalue weighted by Gasteiger charge is 2.34. The first kappa shape index (κ1) is 18.0. The minimum absolute atomic E-state index is 0.203. The van der Waals surface area contributed by atoms with Crippen LogP contribution in [0.1, 0.15) is 17.0 Å². The molecule has 1 N–H and O–H groups in total. The zero-order valence-electron chi connectivity index (χ0n) is 14.7. The lowest BCUT2D eigenvalue weighted by Gasteiger charge is -2.13. The number of H-pyrrole nitrogens is 1. The fraction of sp³-hybridized carbons (Fsp3) is 0.211. The van der Waals surface area contributed by atoms with E-state index in [4.69, 9.17) is 9.15 Å². The second kappa shape index (κ2) is 6.99. The van der Waals surface area contributed by atoms with Crippen LogP contribution in [0.3, 0.4) is 0 Å². The number of nitrogens with one attached hydrogen (secondary N) is 1. The Kier molecular flexibility index (Phi) is 4.50. The highest BCUT2D eigenvalue weighted by atomic mass is 19.4. The van der Waals surface area contributed by atoms with Gasteiger partial charge in [0.1, 0.15) is 5.75 Å². The van der Waals surface area contributed by atoms with E-state index < -0.39 is 11.7 Å². The lowest BCUT2D eigenvalue weighted by atomic mass is 10.1. The number of hydrogen-bond donors (Lipinski definition) is 1. The van der Waals surface area contributed by atoms with Crippen LogP contribution in [0.2, 0.25) is 0 Å². The smallest absolute Gasteiger partial charge is 0.419 e. The Morgan fingerprint density at radius 1 is 1.07 bits per heavy atom. The van der Waals surface area contributed by atoms with Crippen molar-refractivity contribution in [1.82, 2.24) is 20.4 Å². The summed E-state index contributed by atoms with van der Waals surface area (Å²) in [7, 11) is 1.21. The van der Waals surface area contributed by atoms with Crippen LogP contribution < -0.4 is 4.74 Å². The van der Waals surface area contributed by atoms with Crippen molar-refractivity contribution in [3.63, 3.8) is 0 Å². The molecule has 0 spiro atoms. The molecule has 2 heterocycles. The minimum atomic E-state index is -4.48. The fourth-order valence-corrected chi connectivity index (χ4v) is 2.93. The Hall–Kier alpha value is -3.36. The molecule has 144 valence electrons. The van der Waals surface area contributed by atoms with E-state index in [0.29, 0.717) is 30.2 Å². The number of aromatic amines is 1. The number of nitrogens with zero attached hydrogens (tertiary/aromatic N) is 3. The predicted molar refractivity (Wildman–Crippen MR) is 94.8 cm³/mol. The standard InChI is InChI=1S/C19H15F3N4O2/c1-27-16-6-2-11(8-14(16)19(20,21)22)3-7-17-25-26-18(28-17)12-4-5-15-13(9-12)10-23-24-15/h2,4-6,8-10H,3,7H2,1H3,(H,23,24). The number of methoxy groups -OCH3 is 1. The first-order valence-corrected chi connectivity index (χ1v) is 8.44. The van der Waals surface area contributed by atoms with Gasteiger partial charge in [0.25, 0.3) is 0 Å². The zero-order valence-corrected chi connectivity index (χ0v) is 14.7. The van der Waals surface area contributed by atoms with Gasteiger partial charge in [0.15, 0.2) is 0 Å². The molecule has 6 nitrogen and oxygen atoms in total. The lowest BCUT2D eigenvalue weighted by molar-refractivity contribution is -0.138. The van der Waals surface area contributed by atoms with Crippen molar-refractivity contribution >= 4 is 10.9 Å². The van der Waals surface area contributed by atoms with Gasteiger partial charge in [0, 0.05) is 17.4 Å². The molecule has 0 fully saturated rings. The summed E-state index contributed by atoms with van der Waals surface area (Å²) in [5, 5.41) is 15.8. The van der Waals surface area contributed by atoms with E-state index in [1.165, 1.54) is 13.2 Å². The average molecular weight is 388 g/mol. The molecule has 28 heavy (non-hydrogen) atoms. The molecule has 2 aromatic heterocycles. The summed E-state index contributed by atoms with van der Waals surface area (Å²) < 4.78 is 49.8. The van der Waals surface area contributed by atoms with Crippen LogP contribution in [0.4, 0.5) is 13.2 Å². The first-order valence-electron chi connectivity index (χ1n) is 8.44. The largest absolute Gasteiger partial charge is 0.496 e. The van der Waals surface area contributed by atoms with Crippen molar-refractivity contribution in [3.8, 4) is 17.2 Å². The number of fused-ring (bicyclic) bond motifs is 1. The number of halogens is 3. The van der Waals surface area contributed by atoms with Gasteiger partial charge < -0.3 is 9.15 Å². The number of benzene rings is 2. The van der Waals surface area contributed by atoms with E-state index in [1.54, 1.807) is 12.3 Å². The lowest BCUT2D eigenvalue weighted by Crippen LogP contribution is -2.08. The van der Waals surface area contributed by atoms with Gasteiger partial charge in [-0.1, -0.05) is 6.07 Å². The van der Waals surface area contributed by atoms with Gasteiger partial charge in [-0.05, 0) is 42.3 Å². The molecule has 0 radical (unpaired) electrons. The molecule has 9 heteroatoms. The first-order chi connectivity index (χ1) is 13.4. The number of rotatable bonds is 5. The predicted octanol–water partition coefficient (Wildman–Crippen LogP) is 4.43. The van der Waals surface area contributed by atoms with Gasteiger partial charge in [-0.2, -0.15) is 18.3 Å². The summed E-state index contributed by atoms with van der Waals surface area (Å²) >= 11 is 0. The molecule has 0 unspecified atom stereocenters. The Labute approximate surface area is 157 Å². The average Bonchev–Trinajstić information content (AvgIpc) is 3.34. The van der Waals surface area contributed by atoms with E-state index in [1.807, 2.05) is 18.2 Å². The van der Waals surface area contributed by atoms with Crippen molar-refractivity contribution in [2.45, 2.75) is 19.0 Å². The number of aromatic nitrogens is 4. The molecule has 0 saturated carbocycles. The number of hydrogen-bond acceptors (Lipinski definition) is 5. The van der Waals surface area contributed by atoms with Crippen LogP contribution in [0.5, 0.6) is 5.75 Å². The van der Waals surface area contributed by atoms with Crippen LogP contribution in [0, 0.1) is 0 Å². The van der Waals surface area contributed by atoms with Crippen LogP contribution in [0.15, 0.2) is 47.0 Å². The highest BCUT2D eigenvalue weighted by molar-refractivity contribution is 5.82. The van der Waals surface area contributed by atoms with Crippen LogP contribution >= 0.6 is 0 Å². The Bertz CT molecular complexity index is 1120. The van der Waals surface area contributed by atoms with Gasteiger partial charge >= 0.3 is 6.18 Å². The maximum atomic E-state index is 13.1. The normalized spacial score (nSPS) is 11.9. The van der Waals surface area contributed by atoms with E-state index in [2.05, 4.69) is 20.4 Å². The second-order valence-corrected chi connectivity index (χ2v) is 6.21. The number of aryl methyl sites for hydroxylation is 2. The molecule has 0 aliphatic carbocycles. The molecular weight excluding hydrogens is 373 g/mol. The second-order valence-electron chi connectivity index (χ2n) is 6.21. The molecule has 2 aromatic carbocycles. The summed E-state index contributed by atoms with van der Waals surface area (Å²) in [6, 6.07) is 9.56. The maximum absolute atomic E-state index is 13.1. The van der Waals surface area contributed by atoms with Gasteiger partial charge in [-0.3, -0.25) is 5.10 Å².